The number of imidazole rings is 1. The molecule has 1 amide bonds. The molecule has 154 valence electrons. The zero-order valence-electron chi connectivity index (χ0n) is 16.1. The summed E-state index contributed by atoms with van der Waals surface area (Å²) in [5.41, 5.74) is 1.44. The molecule has 3 aromatic rings. The minimum atomic E-state index is -4.44. The van der Waals surface area contributed by atoms with Crippen LogP contribution in [0.15, 0.2) is 18.2 Å². The van der Waals surface area contributed by atoms with E-state index in [0.29, 0.717) is 30.0 Å². The first kappa shape index (κ1) is 19.3. The summed E-state index contributed by atoms with van der Waals surface area (Å²) >= 11 is 0. The van der Waals surface area contributed by atoms with Gasteiger partial charge < -0.3 is 14.6 Å². The van der Waals surface area contributed by atoms with Crippen LogP contribution in [0.5, 0.6) is 0 Å². The molecule has 0 unspecified atom stereocenters. The number of halogens is 3. The Morgan fingerprint density at radius 2 is 2.00 bits per heavy atom. The molecule has 2 aromatic heterocycles. The molecule has 1 aliphatic heterocycles. The summed E-state index contributed by atoms with van der Waals surface area (Å²) < 4.78 is 44.3. The summed E-state index contributed by atoms with van der Waals surface area (Å²) in [7, 11) is 0. The molecule has 4 rings (SSSR count). The van der Waals surface area contributed by atoms with Crippen molar-refractivity contribution in [2.24, 2.45) is 0 Å². The fourth-order valence-corrected chi connectivity index (χ4v) is 3.27. The number of carbonyl (C=O) groups is 1. The monoisotopic (exact) mass is 407 g/mol. The molecule has 1 aliphatic rings. The fraction of sp³-hybridized carbons (Fsp3) is 0.421. The van der Waals surface area contributed by atoms with Crippen molar-refractivity contribution in [1.82, 2.24) is 25.1 Å². The number of benzene rings is 1. The number of ether oxygens (including phenoxy) is 1. The molecule has 0 bridgehead atoms. The smallest absolute Gasteiger partial charge is 0.416 e. The van der Waals surface area contributed by atoms with Crippen molar-refractivity contribution >= 4 is 17.1 Å². The van der Waals surface area contributed by atoms with Gasteiger partial charge in [-0.3, -0.25) is 5.10 Å². The highest BCUT2D eigenvalue weighted by Gasteiger charge is 2.32. The van der Waals surface area contributed by atoms with Crippen LogP contribution in [0.25, 0.3) is 22.6 Å². The van der Waals surface area contributed by atoms with Crippen molar-refractivity contribution in [3.05, 3.63) is 35.0 Å². The third-order valence-electron chi connectivity index (χ3n) is 4.62. The summed E-state index contributed by atoms with van der Waals surface area (Å²) in [5.74, 6) is 0.350. The Kier molecular flexibility index (Phi) is 4.32. The van der Waals surface area contributed by atoms with E-state index < -0.39 is 23.4 Å². The predicted octanol–water partition coefficient (Wildman–Crippen LogP) is 4.27. The normalized spacial score (nSPS) is 14.9. The van der Waals surface area contributed by atoms with Crippen LogP contribution in [0.3, 0.4) is 0 Å². The molecule has 0 spiro atoms. The molecule has 29 heavy (non-hydrogen) atoms. The van der Waals surface area contributed by atoms with Crippen molar-refractivity contribution in [2.45, 2.75) is 45.5 Å². The number of nitrogens with zero attached hydrogens (tertiary/aromatic N) is 3. The van der Waals surface area contributed by atoms with Crippen molar-refractivity contribution in [3.8, 4) is 11.5 Å². The molecule has 0 radical (unpaired) electrons. The number of alkyl halides is 3. The third kappa shape index (κ3) is 3.79. The van der Waals surface area contributed by atoms with Crippen LogP contribution < -0.4 is 0 Å². The average Bonchev–Trinajstić information content (AvgIpc) is 3.21. The Hall–Kier alpha value is -3.04. The lowest BCUT2D eigenvalue weighted by molar-refractivity contribution is -0.137. The predicted molar refractivity (Wildman–Crippen MR) is 99.0 cm³/mol. The van der Waals surface area contributed by atoms with Gasteiger partial charge in [-0.15, -0.1) is 0 Å². The van der Waals surface area contributed by atoms with Gasteiger partial charge in [0.05, 0.1) is 23.1 Å². The van der Waals surface area contributed by atoms with E-state index in [2.05, 4.69) is 20.2 Å². The molecule has 1 aromatic carbocycles. The van der Waals surface area contributed by atoms with Crippen LogP contribution in [0.1, 0.15) is 37.6 Å². The number of carbonyl (C=O) groups excluding carboxylic acids is 1. The minimum absolute atomic E-state index is 0.200. The Morgan fingerprint density at radius 3 is 2.69 bits per heavy atom. The van der Waals surface area contributed by atoms with Gasteiger partial charge in [0, 0.05) is 24.2 Å². The van der Waals surface area contributed by atoms with E-state index in [1.807, 2.05) is 0 Å². The van der Waals surface area contributed by atoms with Gasteiger partial charge in [-0.2, -0.15) is 18.3 Å². The number of hydrogen-bond donors (Lipinski definition) is 2. The number of hydrogen-bond acceptors (Lipinski definition) is 4. The average molecular weight is 407 g/mol. The van der Waals surface area contributed by atoms with E-state index in [4.69, 9.17) is 4.74 Å². The maximum atomic E-state index is 13.0. The number of aromatic amines is 2. The summed E-state index contributed by atoms with van der Waals surface area (Å²) in [6, 6.07) is 3.36. The van der Waals surface area contributed by atoms with Crippen molar-refractivity contribution in [3.63, 3.8) is 0 Å². The first-order valence-electron chi connectivity index (χ1n) is 9.12. The lowest BCUT2D eigenvalue weighted by Gasteiger charge is -2.30. The number of nitrogens with one attached hydrogen (secondary N) is 2. The molecule has 7 nitrogen and oxygen atoms in total. The summed E-state index contributed by atoms with van der Waals surface area (Å²) in [6.45, 7) is 6.16. The molecule has 0 atom stereocenters. The van der Waals surface area contributed by atoms with Crippen LogP contribution in [0.4, 0.5) is 18.0 Å². The number of H-pyrrole nitrogens is 2. The van der Waals surface area contributed by atoms with Crippen LogP contribution in [-0.4, -0.2) is 43.3 Å². The second kappa shape index (κ2) is 6.50. The standard InChI is InChI=1S/C19H20F3N5O2/c1-18(2,3)29-17(28)27-7-6-12-11(9-27)15(26-25-12)16-23-13-5-4-10(19(20,21)22)8-14(13)24-16/h4-5,8H,6-7,9H2,1-3H3,(H,23,24)(H,25,26). The second-order valence-electron chi connectivity index (χ2n) is 8.00. The molecule has 3 heterocycles. The Morgan fingerprint density at radius 1 is 1.24 bits per heavy atom. The van der Waals surface area contributed by atoms with Gasteiger partial charge in [-0.1, -0.05) is 0 Å². The first-order valence-corrected chi connectivity index (χ1v) is 9.12. The molecule has 0 saturated heterocycles. The Bertz CT molecular complexity index is 1080. The SMILES string of the molecule is CC(C)(C)OC(=O)N1CCc2[nH]nc(-c3nc4cc(C(F)(F)F)ccc4[nH]3)c2C1. The largest absolute Gasteiger partial charge is 0.444 e. The molecule has 10 heteroatoms. The molecule has 0 aliphatic carbocycles. The molecule has 2 N–H and O–H groups in total. The maximum Gasteiger partial charge on any atom is 0.416 e. The van der Waals surface area contributed by atoms with Crippen LogP contribution >= 0.6 is 0 Å². The highest BCUT2D eigenvalue weighted by atomic mass is 19.4. The fourth-order valence-electron chi connectivity index (χ4n) is 3.27. The number of rotatable bonds is 1. The Labute approximate surface area is 164 Å². The van der Waals surface area contributed by atoms with Crippen LogP contribution in [0.2, 0.25) is 0 Å². The van der Waals surface area contributed by atoms with E-state index in [-0.39, 0.29) is 12.1 Å². The van der Waals surface area contributed by atoms with Gasteiger partial charge in [0.2, 0.25) is 0 Å². The Balaban J connectivity index is 1.65. The highest BCUT2D eigenvalue weighted by Crippen LogP contribution is 2.33. The molecule has 0 fully saturated rings. The van der Waals surface area contributed by atoms with E-state index >= 15 is 0 Å². The first-order chi connectivity index (χ1) is 13.5. The zero-order valence-corrected chi connectivity index (χ0v) is 16.1. The lowest BCUT2D eigenvalue weighted by atomic mass is 10.1. The van der Waals surface area contributed by atoms with Gasteiger partial charge in [0.1, 0.15) is 11.3 Å². The molecular weight excluding hydrogens is 387 g/mol. The highest BCUT2D eigenvalue weighted by molar-refractivity contribution is 5.80. The number of aromatic nitrogens is 4. The third-order valence-corrected chi connectivity index (χ3v) is 4.62. The van der Waals surface area contributed by atoms with Crippen LogP contribution in [-0.2, 0) is 23.9 Å². The van der Waals surface area contributed by atoms with Crippen molar-refractivity contribution in [1.29, 1.82) is 0 Å². The van der Waals surface area contributed by atoms with Crippen LogP contribution in [0, 0.1) is 0 Å². The minimum Gasteiger partial charge on any atom is -0.444 e. The number of fused-ring (bicyclic) bond motifs is 2. The van der Waals surface area contributed by atoms with Gasteiger partial charge >= 0.3 is 12.3 Å². The lowest BCUT2D eigenvalue weighted by Crippen LogP contribution is -2.39. The van der Waals surface area contributed by atoms with Gasteiger partial charge in [0.25, 0.3) is 0 Å². The van der Waals surface area contributed by atoms with E-state index in [0.717, 1.165) is 23.4 Å². The van der Waals surface area contributed by atoms with E-state index in [9.17, 15) is 18.0 Å². The second-order valence-corrected chi connectivity index (χ2v) is 8.00. The zero-order chi connectivity index (χ0) is 21.0. The maximum absolute atomic E-state index is 13.0. The van der Waals surface area contributed by atoms with Gasteiger partial charge in [0.15, 0.2) is 5.82 Å². The van der Waals surface area contributed by atoms with Gasteiger partial charge in [-0.25, -0.2) is 9.78 Å². The quantitative estimate of drug-likeness (QED) is 0.631. The molecule has 0 saturated carbocycles. The summed E-state index contributed by atoms with van der Waals surface area (Å²) in [5, 5.41) is 7.23. The molecular formula is C19H20F3N5O2. The summed E-state index contributed by atoms with van der Waals surface area (Å²) in [6.07, 6.45) is -4.29. The van der Waals surface area contributed by atoms with Crippen molar-refractivity contribution in [2.75, 3.05) is 6.54 Å². The van der Waals surface area contributed by atoms with Crippen molar-refractivity contribution < 1.29 is 22.7 Å². The summed E-state index contributed by atoms with van der Waals surface area (Å²) in [4.78, 5) is 21.3. The van der Waals surface area contributed by atoms with Gasteiger partial charge in [-0.05, 0) is 39.0 Å². The van der Waals surface area contributed by atoms with E-state index in [1.54, 1.807) is 25.7 Å². The number of amides is 1. The topological polar surface area (TPSA) is 86.9 Å². The van der Waals surface area contributed by atoms with E-state index in [1.165, 1.54) is 6.07 Å².